The summed E-state index contributed by atoms with van der Waals surface area (Å²) in [5.74, 6) is -0.0448. The van der Waals surface area contributed by atoms with Crippen molar-refractivity contribution < 1.29 is 13.2 Å². The standard InChI is InChI=1S/C11H16N2O4S2/c1-8-6-18-11(15)13(8)4-2-10(14)12-9-3-5-19(16,17)7-9/h6,9H,2-5,7H2,1H3,(H,12,14). The summed E-state index contributed by atoms with van der Waals surface area (Å²) in [4.78, 5) is 23.1. The molecule has 1 atom stereocenters. The van der Waals surface area contributed by atoms with Gasteiger partial charge in [-0.1, -0.05) is 11.3 Å². The van der Waals surface area contributed by atoms with E-state index in [4.69, 9.17) is 0 Å². The van der Waals surface area contributed by atoms with E-state index in [2.05, 4.69) is 5.32 Å². The molecule has 1 aromatic heterocycles. The van der Waals surface area contributed by atoms with Crippen molar-refractivity contribution in [1.29, 1.82) is 0 Å². The van der Waals surface area contributed by atoms with E-state index in [1.807, 2.05) is 6.92 Å². The fraction of sp³-hybridized carbons (Fsp3) is 0.636. The van der Waals surface area contributed by atoms with Gasteiger partial charge >= 0.3 is 4.87 Å². The van der Waals surface area contributed by atoms with Crippen molar-refractivity contribution in [1.82, 2.24) is 9.88 Å². The van der Waals surface area contributed by atoms with E-state index in [9.17, 15) is 18.0 Å². The molecule has 0 aliphatic carbocycles. The first-order chi connectivity index (χ1) is 8.87. The first-order valence-electron chi connectivity index (χ1n) is 6.02. The number of rotatable bonds is 4. The molecule has 0 spiro atoms. The summed E-state index contributed by atoms with van der Waals surface area (Å²) in [6.07, 6.45) is 0.666. The average molecular weight is 304 g/mol. The van der Waals surface area contributed by atoms with Crippen molar-refractivity contribution in [3.8, 4) is 0 Å². The number of carbonyl (C=O) groups excluding carboxylic acids is 1. The van der Waals surface area contributed by atoms with Crippen LogP contribution in [-0.2, 0) is 21.2 Å². The highest BCUT2D eigenvalue weighted by molar-refractivity contribution is 7.91. The lowest BCUT2D eigenvalue weighted by Crippen LogP contribution is -2.36. The molecule has 106 valence electrons. The molecular formula is C11H16N2O4S2. The summed E-state index contributed by atoms with van der Waals surface area (Å²) in [6, 6.07) is -0.280. The summed E-state index contributed by atoms with van der Waals surface area (Å²) in [5, 5.41) is 4.46. The highest BCUT2D eigenvalue weighted by atomic mass is 32.2. The first kappa shape index (κ1) is 14.3. The minimum Gasteiger partial charge on any atom is -0.352 e. The molecule has 1 aromatic rings. The lowest BCUT2D eigenvalue weighted by Gasteiger charge is -2.11. The van der Waals surface area contributed by atoms with Gasteiger partial charge in [-0.3, -0.25) is 9.59 Å². The van der Waals surface area contributed by atoms with Crippen molar-refractivity contribution in [3.63, 3.8) is 0 Å². The quantitative estimate of drug-likeness (QED) is 0.842. The number of nitrogens with one attached hydrogen (secondary N) is 1. The molecule has 0 bridgehead atoms. The number of carbonyl (C=O) groups is 1. The number of hydrogen-bond acceptors (Lipinski definition) is 5. The summed E-state index contributed by atoms with van der Waals surface area (Å²) in [5.41, 5.74) is 0.839. The molecular weight excluding hydrogens is 288 g/mol. The second-order valence-corrected chi connectivity index (χ2v) is 7.76. The fourth-order valence-corrected chi connectivity index (χ4v) is 4.53. The maximum absolute atomic E-state index is 11.7. The number of sulfone groups is 1. The topological polar surface area (TPSA) is 85.2 Å². The van der Waals surface area contributed by atoms with E-state index in [0.717, 1.165) is 17.0 Å². The number of thiazole rings is 1. The van der Waals surface area contributed by atoms with Crippen LogP contribution in [0, 0.1) is 6.92 Å². The van der Waals surface area contributed by atoms with E-state index in [0.29, 0.717) is 13.0 Å². The van der Waals surface area contributed by atoms with Gasteiger partial charge in [-0.25, -0.2) is 8.42 Å². The molecule has 2 rings (SSSR count). The zero-order valence-electron chi connectivity index (χ0n) is 10.6. The molecule has 0 radical (unpaired) electrons. The van der Waals surface area contributed by atoms with Gasteiger partial charge in [0.05, 0.1) is 11.5 Å². The molecule has 0 aromatic carbocycles. The normalized spacial score (nSPS) is 21.4. The Morgan fingerprint density at radius 3 is 2.84 bits per heavy atom. The Bertz CT molecular complexity index is 629. The van der Waals surface area contributed by atoms with E-state index in [1.54, 1.807) is 9.95 Å². The molecule has 1 amide bonds. The van der Waals surface area contributed by atoms with Crippen LogP contribution < -0.4 is 10.2 Å². The minimum atomic E-state index is -2.98. The zero-order chi connectivity index (χ0) is 14.0. The SMILES string of the molecule is Cc1csc(=O)n1CCC(=O)NC1CCS(=O)(=O)C1. The Balaban J connectivity index is 1.84. The number of amides is 1. The predicted molar refractivity (Wildman–Crippen MR) is 73.1 cm³/mol. The third kappa shape index (κ3) is 3.66. The van der Waals surface area contributed by atoms with Gasteiger partial charge in [-0.2, -0.15) is 0 Å². The molecule has 1 N–H and O–H groups in total. The second kappa shape index (κ2) is 5.46. The summed E-state index contributed by atoms with van der Waals surface area (Å²) in [7, 11) is -2.98. The average Bonchev–Trinajstić information content (AvgIpc) is 2.80. The highest BCUT2D eigenvalue weighted by Crippen LogP contribution is 2.11. The number of nitrogens with zero attached hydrogens (tertiary/aromatic N) is 1. The van der Waals surface area contributed by atoms with Gasteiger partial charge in [0.2, 0.25) is 5.91 Å². The van der Waals surface area contributed by atoms with Crippen LogP contribution in [0.25, 0.3) is 0 Å². The number of aryl methyl sites for hydroxylation is 1. The lowest BCUT2D eigenvalue weighted by molar-refractivity contribution is -0.121. The van der Waals surface area contributed by atoms with Crippen LogP contribution in [0.15, 0.2) is 10.2 Å². The van der Waals surface area contributed by atoms with Gasteiger partial charge in [0.1, 0.15) is 0 Å². The Kier molecular flexibility index (Phi) is 4.10. The van der Waals surface area contributed by atoms with Gasteiger partial charge in [0.25, 0.3) is 0 Å². The fourth-order valence-electron chi connectivity index (χ4n) is 2.10. The Morgan fingerprint density at radius 1 is 1.58 bits per heavy atom. The van der Waals surface area contributed by atoms with Gasteiger partial charge < -0.3 is 9.88 Å². The highest BCUT2D eigenvalue weighted by Gasteiger charge is 2.28. The van der Waals surface area contributed by atoms with Crippen LogP contribution in [-0.4, -0.2) is 36.4 Å². The monoisotopic (exact) mass is 304 g/mol. The van der Waals surface area contributed by atoms with Crippen LogP contribution >= 0.6 is 11.3 Å². The summed E-state index contributed by atoms with van der Waals surface area (Å²) >= 11 is 1.11. The largest absolute Gasteiger partial charge is 0.352 e. The molecule has 8 heteroatoms. The molecule has 1 fully saturated rings. The Labute approximate surface area is 115 Å². The van der Waals surface area contributed by atoms with Crippen molar-refractivity contribution in [2.75, 3.05) is 11.5 Å². The van der Waals surface area contributed by atoms with Crippen molar-refractivity contribution in [2.45, 2.75) is 32.4 Å². The van der Waals surface area contributed by atoms with Gasteiger partial charge in [-0.05, 0) is 13.3 Å². The van der Waals surface area contributed by atoms with Crippen LogP contribution in [0.2, 0.25) is 0 Å². The minimum absolute atomic E-state index is 0.0240. The maximum Gasteiger partial charge on any atom is 0.307 e. The van der Waals surface area contributed by atoms with E-state index in [-0.39, 0.29) is 34.7 Å². The zero-order valence-corrected chi connectivity index (χ0v) is 12.2. The number of aromatic nitrogens is 1. The first-order valence-corrected chi connectivity index (χ1v) is 8.72. The summed E-state index contributed by atoms with van der Waals surface area (Å²) < 4.78 is 24.1. The van der Waals surface area contributed by atoms with Crippen LogP contribution in [0.5, 0.6) is 0 Å². The van der Waals surface area contributed by atoms with Crippen LogP contribution in [0.1, 0.15) is 18.5 Å². The van der Waals surface area contributed by atoms with E-state index < -0.39 is 9.84 Å². The molecule has 1 aliphatic rings. The molecule has 1 saturated heterocycles. The second-order valence-electron chi connectivity index (χ2n) is 4.71. The van der Waals surface area contributed by atoms with Crippen molar-refractivity contribution in [3.05, 3.63) is 20.7 Å². The Hall–Kier alpha value is -1.15. The Morgan fingerprint density at radius 2 is 2.32 bits per heavy atom. The van der Waals surface area contributed by atoms with Gasteiger partial charge in [0, 0.05) is 30.1 Å². The van der Waals surface area contributed by atoms with Crippen molar-refractivity contribution >= 4 is 27.1 Å². The third-order valence-corrected chi connectivity index (χ3v) is 5.79. The van der Waals surface area contributed by atoms with Crippen LogP contribution in [0.3, 0.4) is 0 Å². The lowest BCUT2D eigenvalue weighted by atomic mass is 10.2. The van der Waals surface area contributed by atoms with Gasteiger partial charge in [0.15, 0.2) is 9.84 Å². The molecule has 19 heavy (non-hydrogen) atoms. The smallest absolute Gasteiger partial charge is 0.307 e. The molecule has 6 nitrogen and oxygen atoms in total. The molecule has 0 saturated carbocycles. The van der Waals surface area contributed by atoms with Gasteiger partial charge in [-0.15, -0.1) is 0 Å². The van der Waals surface area contributed by atoms with E-state index in [1.165, 1.54) is 0 Å². The summed E-state index contributed by atoms with van der Waals surface area (Å²) in [6.45, 7) is 2.15. The predicted octanol–water partition coefficient (Wildman–Crippen LogP) is -0.0884. The molecule has 2 heterocycles. The van der Waals surface area contributed by atoms with Crippen molar-refractivity contribution in [2.24, 2.45) is 0 Å². The third-order valence-electron chi connectivity index (χ3n) is 3.14. The maximum atomic E-state index is 11.7. The van der Waals surface area contributed by atoms with E-state index >= 15 is 0 Å². The molecule has 1 aliphatic heterocycles. The number of hydrogen-bond donors (Lipinski definition) is 1. The van der Waals surface area contributed by atoms with Crippen LogP contribution in [0.4, 0.5) is 0 Å². The molecule has 1 unspecified atom stereocenters.